The zero-order valence-electron chi connectivity index (χ0n) is 13.0. The first kappa shape index (κ1) is 17.3. The van der Waals surface area contributed by atoms with E-state index in [9.17, 15) is 13.2 Å². The average Bonchev–Trinajstić information content (AvgIpc) is 3.24. The van der Waals surface area contributed by atoms with Gasteiger partial charge in [0.2, 0.25) is 15.9 Å². The van der Waals surface area contributed by atoms with E-state index >= 15 is 0 Å². The number of thioether (sulfide) groups is 1. The Morgan fingerprint density at radius 3 is 2.70 bits per heavy atom. The second-order valence-corrected chi connectivity index (χ2v) is 9.74. The van der Waals surface area contributed by atoms with Gasteiger partial charge in [-0.05, 0) is 43.5 Å². The molecule has 1 saturated carbocycles. The molecule has 1 amide bonds. The quantitative estimate of drug-likeness (QED) is 0.753. The molecule has 1 atom stereocenters. The predicted octanol–water partition coefficient (Wildman–Crippen LogP) is 2.44. The van der Waals surface area contributed by atoms with Crippen LogP contribution < -0.4 is 0 Å². The van der Waals surface area contributed by atoms with Gasteiger partial charge in [-0.15, -0.1) is 11.8 Å². The van der Waals surface area contributed by atoms with E-state index in [-0.39, 0.29) is 16.8 Å². The first-order valence-corrected chi connectivity index (χ1v) is 10.8. The number of likely N-dealkylation sites (N-methyl/N-ethyl adjacent to an activating group) is 1. The fraction of sp³-hybridized carbons (Fsp3) is 0.533. The van der Waals surface area contributed by atoms with Crippen LogP contribution in [0.5, 0.6) is 0 Å². The molecule has 3 rings (SSSR count). The van der Waals surface area contributed by atoms with Gasteiger partial charge in [0.15, 0.2) is 0 Å². The lowest BCUT2D eigenvalue weighted by atomic mass is 10.2. The number of carbonyl (C=O) groups is 1. The second kappa shape index (κ2) is 6.38. The fourth-order valence-electron chi connectivity index (χ4n) is 2.65. The summed E-state index contributed by atoms with van der Waals surface area (Å²) in [5.74, 6) is 0.756. The van der Waals surface area contributed by atoms with Gasteiger partial charge in [0, 0.05) is 23.3 Å². The van der Waals surface area contributed by atoms with Gasteiger partial charge < -0.3 is 4.90 Å². The summed E-state index contributed by atoms with van der Waals surface area (Å²) >= 11 is 4.87. The third-order valence-electron chi connectivity index (χ3n) is 4.31. The molecular formula is C15H19BrN2O3S2. The predicted molar refractivity (Wildman–Crippen MR) is 94.8 cm³/mol. The molecule has 8 heteroatoms. The minimum absolute atomic E-state index is 0.0880. The molecule has 0 bridgehead atoms. The van der Waals surface area contributed by atoms with Crippen molar-refractivity contribution in [1.82, 2.24) is 9.21 Å². The van der Waals surface area contributed by atoms with Crippen molar-refractivity contribution in [2.75, 3.05) is 18.7 Å². The Morgan fingerprint density at radius 1 is 1.39 bits per heavy atom. The topological polar surface area (TPSA) is 57.7 Å². The van der Waals surface area contributed by atoms with E-state index in [1.165, 1.54) is 16.1 Å². The van der Waals surface area contributed by atoms with Crippen molar-refractivity contribution >= 4 is 43.6 Å². The van der Waals surface area contributed by atoms with Gasteiger partial charge in [-0.2, -0.15) is 4.31 Å². The lowest BCUT2D eigenvalue weighted by Gasteiger charge is -2.27. The summed E-state index contributed by atoms with van der Waals surface area (Å²) < 4.78 is 28.1. The van der Waals surface area contributed by atoms with Crippen LogP contribution in [0.4, 0.5) is 0 Å². The highest BCUT2D eigenvalue weighted by Gasteiger charge is 2.43. The van der Waals surface area contributed by atoms with Gasteiger partial charge in [0.05, 0.1) is 10.8 Å². The summed E-state index contributed by atoms with van der Waals surface area (Å²) in [6.07, 6.45) is 2.03. The van der Waals surface area contributed by atoms with Crippen LogP contribution in [0, 0.1) is 6.92 Å². The molecule has 1 heterocycles. The van der Waals surface area contributed by atoms with Crippen molar-refractivity contribution in [3.8, 4) is 0 Å². The van der Waals surface area contributed by atoms with Crippen LogP contribution in [0.2, 0.25) is 0 Å². The highest BCUT2D eigenvalue weighted by molar-refractivity contribution is 9.10. The second-order valence-electron chi connectivity index (χ2n) is 6.00. The molecule has 0 N–H and O–H groups in total. The standard InChI is InChI=1S/C15H19BrN2O3S2/c1-10-7-12(5-6-13(10)16)23(20,21)18-9-22-8-14(18)15(19)17(2)11-3-4-11/h5-7,11,14H,3-4,8-9H2,1-2H3. The Labute approximate surface area is 149 Å². The van der Waals surface area contributed by atoms with Crippen LogP contribution in [0.3, 0.4) is 0 Å². The largest absolute Gasteiger partial charge is 0.341 e. The number of rotatable bonds is 4. The molecular weight excluding hydrogens is 400 g/mol. The highest BCUT2D eigenvalue weighted by Crippen LogP contribution is 2.33. The number of aryl methyl sites for hydroxylation is 1. The Balaban J connectivity index is 1.88. The molecule has 1 saturated heterocycles. The Morgan fingerprint density at radius 2 is 2.09 bits per heavy atom. The highest BCUT2D eigenvalue weighted by atomic mass is 79.9. The monoisotopic (exact) mass is 418 g/mol. The van der Waals surface area contributed by atoms with Crippen LogP contribution in [-0.4, -0.2) is 54.3 Å². The molecule has 0 radical (unpaired) electrons. The van der Waals surface area contributed by atoms with E-state index in [0.717, 1.165) is 22.9 Å². The summed E-state index contributed by atoms with van der Waals surface area (Å²) in [5.41, 5.74) is 0.857. The number of halogens is 1. The van der Waals surface area contributed by atoms with Crippen LogP contribution in [-0.2, 0) is 14.8 Å². The van der Waals surface area contributed by atoms with Crippen molar-refractivity contribution in [1.29, 1.82) is 0 Å². The summed E-state index contributed by atoms with van der Waals surface area (Å²) in [5, 5.41) is 0. The minimum atomic E-state index is -3.67. The molecule has 2 aliphatic rings. The lowest BCUT2D eigenvalue weighted by Crippen LogP contribution is -2.48. The maximum absolute atomic E-state index is 12.9. The molecule has 126 valence electrons. The number of hydrogen-bond donors (Lipinski definition) is 0. The molecule has 1 unspecified atom stereocenters. The van der Waals surface area contributed by atoms with Gasteiger partial charge in [-0.3, -0.25) is 4.79 Å². The molecule has 23 heavy (non-hydrogen) atoms. The van der Waals surface area contributed by atoms with E-state index in [1.807, 2.05) is 6.92 Å². The van der Waals surface area contributed by atoms with Crippen molar-refractivity contribution in [3.63, 3.8) is 0 Å². The molecule has 1 aliphatic heterocycles. The maximum Gasteiger partial charge on any atom is 0.244 e. The molecule has 0 spiro atoms. The van der Waals surface area contributed by atoms with E-state index in [4.69, 9.17) is 0 Å². The van der Waals surface area contributed by atoms with Crippen LogP contribution >= 0.6 is 27.7 Å². The molecule has 2 fully saturated rings. The molecule has 0 aromatic heterocycles. The van der Waals surface area contributed by atoms with Crippen molar-refractivity contribution in [3.05, 3.63) is 28.2 Å². The number of carbonyl (C=O) groups excluding carboxylic acids is 1. The SMILES string of the molecule is Cc1cc(S(=O)(=O)N2CSCC2C(=O)N(C)C2CC2)ccc1Br. The first-order valence-electron chi connectivity index (χ1n) is 7.45. The average molecular weight is 419 g/mol. The Bertz CT molecular complexity index is 734. The van der Waals surface area contributed by atoms with E-state index in [1.54, 1.807) is 30.1 Å². The van der Waals surface area contributed by atoms with Crippen molar-refractivity contribution in [2.24, 2.45) is 0 Å². The first-order chi connectivity index (χ1) is 10.8. The summed E-state index contributed by atoms with van der Waals surface area (Å²) in [6, 6.07) is 4.65. The number of benzene rings is 1. The van der Waals surface area contributed by atoms with Gasteiger partial charge >= 0.3 is 0 Å². The third-order valence-corrected chi connectivity index (χ3v) is 8.22. The van der Waals surface area contributed by atoms with Crippen LogP contribution in [0.25, 0.3) is 0 Å². The Kier molecular flexibility index (Phi) is 4.79. The number of nitrogens with zero attached hydrogens (tertiary/aromatic N) is 2. The molecule has 1 aliphatic carbocycles. The maximum atomic E-state index is 12.9. The van der Waals surface area contributed by atoms with E-state index in [2.05, 4.69) is 15.9 Å². The zero-order chi connectivity index (χ0) is 16.8. The van der Waals surface area contributed by atoms with Gasteiger partial charge in [-0.25, -0.2) is 8.42 Å². The van der Waals surface area contributed by atoms with E-state index < -0.39 is 16.1 Å². The Hall–Kier alpha value is -0.570. The smallest absolute Gasteiger partial charge is 0.244 e. The molecule has 5 nitrogen and oxygen atoms in total. The van der Waals surface area contributed by atoms with Crippen molar-refractivity contribution in [2.45, 2.75) is 36.7 Å². The summed E-state index contributed by atoms with van der Waals surface area (Å²) in [6.45, 7) is 1.85. The van der Waals surface area contributed by atoms with E-state index in [0.29, 0.717) is 11.6 Å². The third kappa shape index (κ3) is 3.31. The summed E-state index contributed by atoms with van der Waals surface area (Å²) in [4.78, 5) is 14.6. The van der Waals surface area contributed by atoms with Gasteiger partial charge in [-0.1, -0.05) is 15.9 Å². The van der Waals surface area contributed by atoms with Crippen molar-refractivity contribution < 1.29 is 13.2 Å². The number of amides is 1. The summed E-state index contributed by atoms with van der Waals surface area (Å²) in [7, 11) is -1.89. The molecule has 1 aromatic rings. The van der Waals surface area contributed by atoms with Crippen LogP contribution in [0.1, 0.15) is 18.4 Å². The minimum Gasteiger partial charge on any atom is -0.341 e. The number of sulfonamides is 1. The zero-order valence-corrected chi connectivity index (χ0v) is 16.2. The number of hydrogen-bond acceptors (Lipinski definition) is 4. The van der Waals surface area contributed by atoms with Gasteiger partial charge in [0.1, 0.15) is 6.04 Å². The fourth-order valence-corrected chi connectivity index (χ4v) is 6.12. The van der Waals surface area contributed by atoms with Gasteiger partial charge in [0.25, 0.3) is 0 Å². The van der Waals surface area contributed by atoms with Crippen LogP contribution in [0.15, 0.2) is 27.6 Å². The normalized spacial score (nSPS) is 22.3. The molecule has 1 aromatic carbocycles. The lowest BCUT2D eigenvalue weighted by molar-refractivity contribution is -0.133.